The number of carbonyl (C=O) groups excluding carboxylic acids is 4. The molecule has 0 fully saturated rings. The van der Waals surface area contributed by atoms with Gasteiger partial charge in [-0.15, -0.1) is 0 Å². The van der Waals surface area contributed by atoms with Gasteiger partial charge in [-0.2, -0.15) is 0 Å². The van der Waals surface area contributed by atoms with Crippen molar-refractivity contribution in [2.45, 2.75) is 77.0 Å². The third-order valence-corrected chi connectivity index (χ3v) is 5.00. The number of hydrogen-bond acceptors (Lipinski definition) is 8. The fourth-order valence-corrected chi connectivity index (χ4v) is 3.03. The van der Waals surface area contributed by atoms with Crippen molar-refractivity contribution in [1.29, 1.82) is 0 Å². The SMILES string of the molecule is CCC(=O)[C@H](CC(=O)O)NC(=O)[C@@H](NC(=O)[C@H](CCC(=O)O)NC(=O)[C@H](CC(=O)O)NC)C(C)C. The molecule has 0 aliphatic heterocycles. The maximum atomic E-state index is 12.9. The molecule has 14 heteroatoms. The second kappa shape index (κ2) is 15.4. The maximum absolute atomic E-state index is 12.9. The van der Waals surface area contributed by atoms with Crippen LogP contribution in [-0.2, 0) is 33.6 Å². The molecule has 0 spiro atoms. The molecule has 0 bridgehead atoms. The first-order valence-electron chi connectivity index (χ1n) is 11.0. The number of amides is 3. The molecule has 0 heterocycles. The first-order chi connectivity index (χ1) is 16.2. The van der Waals surface area contributed by atoms with Crippen molar-refractivity contribution in [2.75, 3.05) is 7.05 Å². The van der Waals surface area contributed by atoms with Crippen molar-refractivity contribution in [2.24, 2.45) is 5.92 Å². The van der Waals surface area contributed by atoms with E-state index in [0.717, 1.165) is 0 Å². The van der Waals surface area contributed by atoms with Gasteiger partial charge in [-0.25, -0.2) is 0 Å². The van der Waals surface area contributed by atoms with Gasteiger partial charge in [0.2, 0.25) is 17.7 Å². The lowest BCUT2D eigenvalue weighted by Gasteiger charge is -2.27. The second-order valence-electron chi connectivity index (χ2n) is 8.14. The molecule has 0 unspecified atom stereocenters. The third kappa shape index (κ3) is 11.9. The smallest absolute Gasteiger partial charge is 0.305 e. The van der Waals surface area contributed by atoms with Crippen molar-refractivity contribution in [3.63, 3.8) is 0 Å². The van der Waals surface area contributed by atoms with Gasteiger partial charge >= 0.3 is 17.9 Å². The fourth-order valence-electron chi connectivity index (χ4n) is 3.03. The van der Waals surface area contributed by atoms with Crippen molar-refractivity contribution in [1.82, 2.24) is 21.3 Å². The summed E-state index contributed by atoms with van der Waals surface area (Å²) in [7, 11) is 1.34. The Balaban J connectivity index is 5.66. The Morgan fingerprint density at radius 1 is 0.686 bits per heavy atom. The molecule has 0 saturated heterocycles. The summed E-state index contributed by atoms with van der Waals surface area (Å²) in [5, 5.41) is 36.4. The lowest BCUT2D eigenvalue weighted by Crippen LogP contribution is -2.58. The van der Waals surface area contributed by atoms with E-state index in [0.29, 0.717) is 0 Å². The number of carboxylic acids is 3. The van der Waals surface area contributed by atoms with Crippen LogP contribution in [0.5, 0.6) is 0 Å². The number of hydrogen-bond donors (Lipinski definition) is 7. The number of carbonyl (C=O) groups is 7. The lowest BCUT2D eigenvalue weighted by atomic mass is 10.00. The largest absolute Gasteiger partial charge is 0.481 e. The molecule has 0 aromatic heterocycles. The first kappa shape index (κ1) is 31.4. The minimum absolute atomic E-state index is 0.0246. The van der Waals surface area contributed by atoms with E-state index in [4.69, 9.17) is 15.3 Å². The molecule has 7 N–H and O–H groups in total. The normalized spacial score (nSPS) is 14.2. The van der Waals surface area contributed by atoms with Crippen LogP contribution in [0.15, 0.2) is 0 Å². The predicted octanol–water partition coefficient (Wildman–Crippen LogP) is -1.52. The number of ketones is 1. The highest BCUT2D eigenvalue weighted by atomic mass is 16.4. The van der Waals surface area contributed by atoms with Crippen LogP contribution in [0.1, 0.15) is 52.9 Å². The highest BCUT2D eigenvalue weighted by Gasteiger charge is 2.33. The van der Waals surface area contributed by atoms with Gasteiger partial charge in [0.1, 0.15) is 12.1 Å². The van der Waals surface area contributed by atoms with Gasteiger partial charge in [0.15, 0.2) is 5.78 Å². The van der Waals surface area contributed by atoms with Crippen molar-refractivity contribution < 1.29 is 48.9 Å². The van der Waals surface area contributed by atoms with Crippen LogP contribution in [0.3, 0.4) is 0 Å². The molecule has 0 aliphatic rings. The minimum Gasteiger partial charge on any atom is -0.481 e. The number of aliphatic carboxylic acids is 3. The van der Waals surface area contributed by atoms with Gasteiger partial charge < -0.3 is 36.6 Å². The van der Waals surface area contributed by atoms with Gasteiger partial charge in [-0.3, -0.25) is 33.6 Å². The van der Waals surface area contributed by atoms with E-state index in [1.807, 2.05) is 0 Å². The Kier molecular flexibility index (Phi) is 13.8. The van der Waals surface area contributed by atoms with Gasteiger partial charge in [0.25, 0.3) is 0 Å². The van der Waals surface area contributed by atoms with E-state index >= 15 is 0 Å². The quantitative estimate of drug-likeness (QED) is 0.121. The summed E-state index contributed by atoms with van der Waals surface area (Å²) in [6.45, 7) is 4.66. The molecule has 0 aliphatic carbocycles. The molecule has 0 radical (unpaired) electrons. The van der Waals surface area contributed by atoms with Crippen LogP contribution in [0, 0.1) is 5.92 Å². The standard InChI is InChI=1S/C21H34N4O10/c1-5-14(26)12(8-16(29)30)24-21(35)18(10(2)3)25-19(33)11(6-7-15(27)28)23-20(34)13(22-4)9-17(31)32/h10-13,18,22H,5-9H2,1-4H3,(H,23,34)(H,24,35)(H,25,33)(H,27,28)(H,29,30)(H,31,32)/t11-,12-,13-,18-/m0/s1. The monoisotopic (exact) mass is 502 g/mol. The molecule has 0 rings (SSSR count). The molecular weight excluding hydrogens is 468 g/mol. The molecule has 14 nitrogen and oxygen atoms in total. The lowest BCUT2D eigenvalue weighted by molar-refractivity contribution is -0.141. The molecule has 0 saturated carbocycles. The highest BCUT2D eigenvalue weighted by molar-refractivity contribution is 5.96. The summed E-state index contributed by atoms with van der Waals surface area (Å²) in [6, 6.07) is -5.16. The Morgan fingerprint density at radius 3 is 1.60 bits per heavy atom. The Hall–Kier alpha value is -3.55. The predicted molar refractivity (Wildman–Crippen MR) is 120 cm³/mol. The summed E-state index contributed by atoms with van der Waals surface area (Å²) in [5.41, 5.74) is 0. The zero-order valence-corrected chi connectivity index (χ0v) is 20.1. The molecule has 0 aromatic carbocycles. The van der Waals surface area contributed by atoms with Crippen molar-refractivity contribution >= 4 is 41.4 Å². The van der Waals surface area contributed by atoms with Gasteiger partial charge in [0.05, 0.1) is 24.9 Å². The van der Waals surface area contributed by atoms with E-state index < -0.39 is 90.8 Å². The molecular formula is C21H34N4O10. The summed E-state index contributed by atoms with van der Waals surface area (Å²) >= 11 is 0. The number of carboxylic acid groups (broad SMARTS) is 3. The molecule has 0 aromatic rings. The average molecular weight is 503 g/mol. The zero-order chi connectivity index (χ0) is 27.3. The zero-order valence-electron chi connectivity index (χ0n) is 20.1. The number of rotatable bonds is 17. The Labute approximate surface area is 202 Å². The minimum atomic E-state index is -1.41. The Morgan fingerprint density at radius 2 is 1.17 bits per heavy atom. The average Bonchev–Trinajstić information content (AvgIpc) is 2.76. The van der Waals surface area contributed by atoms with Crippen LogP contribution in [0.4, 0.5) is 0 Å². The summed E-state index contributed by atoms with van der Waals surface area (Å²) < 4.78 is 0. The van der Waals surface area contributed by atoms with Crippen LogP contribution in [0.25, 0.3) is 0 Å². The van der Waals surface area contributed by atoms with Crippen LogP contribution in [-0.4, -0.2) is 87.9 Å². The molecule has 35 heavy (non-hydrogen) atoms. The van der Waals surface area contributed by atoms with Crippen molar-refractivity contribution in [3.05, 3.63) is 0 Å². The third-order valence-electron chi connectivity index (χ3n) is 5.00. The van der Waals surface area contributed by atoms with E-state index in [1.165, 1.54) is 14.0 Å². The summed E-state index contributed by atoms with van der Waals surface area (Å²) in [6.07, 6.45) is -2.12. The van der Waals surface area contributed by atoms with E-state index in [1.54, 1.807) is 13.8 Å². The maximum Gasteiger partial charge on any atom is 0.305 e. The summed E-state index contributed by atoms with van der Waals surface area (Å²) in [5.74, 6) is -7.48. The second-order valence-corrected chi connectivity index (χ2v) is 8.14. The van der Waals surface area contributed by atoms with Gasteiger partial charge in [0, 0.05) is 12.8 Å². The molecule has 3 amide bonds. The summed E-state index contributed by atoms with van der Waals surface area (Å²) in [4.78, 5) is 83.2. The van der Waals surface area contributed by atoms with E-state index in [-0.39, 0.29) is 12.8 Å². The Bertz CT molecular complexity index is 814. The topological polar surface area (TPSA) is 228 Å². The first-order valence-corrected chi connectivity index (χ1v) is 11.0. The highest BCUT2D eigenvalue weighted by Crippen LogP contribution is 2.08. The number of likely N-dealkylation sites (N-methyl/N-ethyl adjacent to an activating group) is 1. The van der Waals surface area contributed by atoms with Gasteiger partial charge in [-0.1, -0.05) is 20.8 Å². The fraction of sp³-hybridized carbons (Fsp3) is 0.667. The molecule has 4 atom stereocenters. The van der Waals surface area contributed by atoms with E-state index in [9.17, 15) is 33.6 Å². The van der Waals surface area contributed by atoms with Crippen LogP contribution < -0.4 is 21.3 Å². The number of nitrogens with one attached hydrogen (secondary N) is 4. The van der Waals surface area contributed by atoms with Crippen LogP contribution in [0.2, 0.25) is 0 Å². The van der Waals surface area contributed by atoms with Crippen molar-refractivity contribution in [3.8, 4) is 0 Å². The van der Waals surface area contributed by atoms with E-state index in [2.05, 4.69) is 21.3 Å². The van der Waals surface area contributed by atoms with Crippen LogP contribution >= 0.6 is 0 Å². The molecule has 198 valence electrons. The number of Topliss-reactive ketones (excluding diaryl/α,β-unsaturated/α-hetero) is 1. The van der Waals surface area contributed by atoms with Gasteiger partial charge in [-0.05, 0) is 19.4 Å².